The van der Waals surface area contributed by atoms with Gasteiger partial charge in [-0.2, -0.15) is 0 Å². The van der Waals surface area contributed by atoms with Crippen LogP contribution >= 0.6 is 46.9 Å². The van der Waals surface area contributed by atoms with E-state index in [0.717, 1.165) is 15.6 Å². The van der Waals surface area contributed by atoms with E-state index >= 15 is 0 Å². The number of nitrogens with zero attached hydrogens (tertiary/aromatic N) is 3. The maximum atomic E-state index is 12.7. The average molecular weight is 436 g/mol. The van der Waals surface area contributed by atoms with Gasteiger partial charge in [-0.1, -0.05) is 65.0 Å². The Labute approximate surface area is 176 Å². The third-order valence-corrected chi connectivity index (χ3v) is 6.52. The second-order valence-electron chi connectivity index (χ2n) is 5.96. The van der Waals surface area contributed by atoms with Crippen LogP contribution in [0.15, 0.2) is 58.9 Å². The third kappa shape index (κ3) is 5.19. The third-order valence-electron chi connectivity index (χ3n) is 3.86. The molecule has 0 N–H and O–H groups in total. The Balaban J connectivity index is 1.67. The van der Waals surface area contributed by atoms with E-state index in [2.05, 4.69) is 5.10 Å². The van der Waals surface area contributed by atoms with Gasteiger partial charge >= 0.3 is 0 Å². The average Bonchev–Trinajstić information content (AvgIpc) is 3.02. The first-order valence-corrected chi connectivity index (χ1v) is 10.7. The van der Waals surface area contributed by atoms with Crippen molar-refractivity contribution in [3.8, 4) is 5.69 Å². The molecule has 0 aliphatic carbocycles. The summed E-state index contributed by atoms with van der Waals surface area (Å²) in [5, 5.41) is 4.97. The molecule has 1 unspecified atom stereocenters. The lowest BCUT2D eigenvalue weighted by molar-refractivity contribution is -0.129. The molecule has 1 atom stereocenters. The fourth-order valence-corrected chi connectivity index (χ4v) is 5.25. The van der Waals surface area contributed by atoms with Gasteiger partial charge in [-0.05, 0) is 49.0 Å². The fourth-order valence-electron chi connectivity index (χ4n) is 2.50. The monoisotopic (exact) mass is 435 g/mol. The minimum atomic E-state index is -0.252. The van der Waals surface area contributed by atoms with Gasteiger partial charge < -0.3 is 4.90 Å². The second kappa shape index (κ2) is 9.01. The minimum absolute atomic E-state index is 0.0583. The van der Waals surface area contributed by atoms with Crippen molar-refractivity contribution in [3.05, 3.63) is 69.1 Å². The molecule has 2 aromatic carbocycles. The van der Waals surface area contributed by atoms with Gasteiger partial charge in [0.15, 0.2) is 8.29 Å². The molecule has 0 fully saturated rings. The fraction of sp³-hybridized carbons (Fsp3) is 0.211. The summed E-state index contributed by atoms with van der Waals surface area (Å²) in [5.74, 6) is 0.0583. The van der Waals surface area contributed by atoms with Gasteiger partial charge in [0.2, 0.25) is 5.91 Å². The molecule has 1 aromatic heterocycles. The van der Waals surface area contributed by atoms with Crippen LogP contribution in [0, 0.1) is 3.95 Å². The van der Waals surface area contributed by atoms with Crippen molar-refractivity contribution >= 4 is 52.8 Å². The Kier molecular flexibility index (Phi) is 6.70. The maximum Gasteiger partial charge on any atom is 0.235 e. The quantitative estimate of drug-likeness (QED) is 0.381. The molecule has 0 saturated heterocycles. The highest BCUT2D eigenvalue weighted by atomic mass is 35.5. The smallest absolute Gasteiger partial charge is 0.235 e. The van der Waals surface area contributed by atoms with Crippen molar-refractivity contribution in [1.82, 2.24) is 14.7 Å². The normalized spacial score (nSPS) is 12.0. The van der Waals surface area contributed by atoms with Gasteiger partial charge in [-0.3, -0.25) is 4.79 Å². The van der Waals surface area contributed by atoms with Crippen LogP contribution in [0.3, 0.4) is 0 Å². The summed E-state index contributed by atoms with van der Waals surface area (Å²) in [6, 6.07) is 17.3. The highest BCUT2D eigenvalue weighted by Crippen LogP contribution is 2.29. The summed E-state index contributed by atoms with van der Waals surface area (Å²) in [7, 11) is 1.82. The molecule has 0 bridgehead atoms. The van der Waals surface area contributed by atoms with Crippen LogP contribution in [0.5, 0.6) is 0 Å². The van der Waals surface area contributed by atoms with Crippen molar-refractivity contribution in [1.29, 1.82) is 0 Å². The summed E-state index contributed by atoms with van der Waals surface area (Å²) < 4.78 is 3.10. The molecule has 0 aliphatic heterocycles. The number of thioether (sulfide) groups is 1. The highest BCUT2D eigenvalue weighted by Gasteiger charge is 2.21. The summed E-state index contributed by atoms with van der Waals surface area (Å²) >= 11 is 14.2. The Hall–Kier alpha value is -1.67. The summed E-state index contributed by atoms with van der Waals surface area (Å²) in [4.78, 5) is 14.4. The van der Waals surface area contributed by atoms with Gasteiger partial charge in [0.05, 0.1) is 10.9 Å². The predicted molar refractivity (Wildman–Crippen MR) is 116 cm³/mol. The lowest BCUT2D eigenvalue weighted by atomic mass is 10.2. The van der Waals surface area contributed by atoms with E-state index in [1.807, 2.05) is 56.4 Å². The number of carbonyl (C=O) groups excluding carboxylic acids is 1. The van der Waals surface area contributed by atoms with Crippen molar-refractivity contribution in [3.63, 3.8) is 0 Å². The lowest BCUT2D eigenvalue weighted by Crippen LogP contribution is -2.32. The van der Waals surface area contributed by atoms with Gasteiger partial charge in [0, 0.05) is 18.6 Å². The number of rotatable bonds is 6. The van der Waals surface area contributed by atoms with E-state index in [0.29, 0.717) is 15.5 Å². The summed E-state index contributed by atoms with van der Waals surface area (Å²) in [6.07, 6.45) is 0. The van der Waals surface area contributed by atoms with E-state index in [4.69, 9.17) is 23.8 Å². The van der Waals surface area contributed by atoms with Gasteiger partial charge in [0.25, 0.3) is 0 Å². The minimum Gasteiger partial charge on any atom is -0.340 e. The molecular weight excluding hydrogens is 418 g/mol. The Bertz CT molecular complexity index is 970. The van der Waals surface area contributed by atoms with E-state index in [-0.39, 0.29) is 11.2 Å². The van der Waals surface area contributed by atoms with Crippen LogP contribution in [-0.2, 0) is 11.3 Å². The number of hydrogen-bond acceptors (Lipinski definition) is 5. The first kappa shape index (κ1) is 20.1. The van der Waals surface area contributed by atoms with Crippen LogP contribution in [-0.4, -0.2) is 32.9 Å². The number of hydrogen-bond donors (Lipinski definition) is 0. The van der Waals surface area contributed by atoms with Crippen LogP contribution in [0.2, 0.25) is 5.02 Å². The standard InChI is InChI=1S/C19H18ClN3OS3/c1-13(17(24)22(2)12-14-6-4-3-5-7-14)26-18-21-23(19(25)27-18)16-10-8-15(20)9-11-16/h3-11,13H,12H2,1-2H3. The molecule has 3 rings (SSSR count). The highest BCUT2D eigenvalue weighted by molar-refractivity contribution is 8.02. The first-order chi connectivity index (χ1) is 12.9. The van der Waals surface area contributed by atoms with Crippen LogP contribution in [0.25, 0.3) is 5.69 Å². The van der Waals surface area contributed by atoms with Gasteiger partial charge in [0.1, 0.15) is 0 Å². The van der Waals surface area contributed by atoms with Crippen LogP contribution in [0.1, 0.15) is 12.5 Å². The molecule has 0 radical (unpaired) electrons. The Morgan fingerprint density at radius 3 is 2.59 bits per heavy atom. The lowest BCUT2D eigenvalue weighted by Gasteiger charge is -2.20. The topological polar surface area (TPSA) is 38.1 Å². The maximum absolute atomic E-state index is 12.7. The molecule has 140 valence electrons. The zero-order valence-electron chi connectivity index (χ0n) is 14.8. The Morgan fingerprint density at radius 1 is 1.26 bits per heavy atom. The molecule has 3 aromatic rings. The predicted octanol–water partition coefficient (Wildman–Crippen LogP) is 5.46. The Morgan fingerprint density at radius 2 is 1.93 bits per heavy atom. The van der Waals surface area contributed by atoms with Crippen molar-refractivity contribution in [2.45, 2.75) is 23.1 Å². The first-order valence-electron chi connectivity index (χ1n) is 8.25. The molecular formula is C19H18ClN3OS3. The van der Waals surface area contributed by atoms with E-state index in [1.54, 1.807) is 21.7 Å². The van der Waals surface area contributed by atoms with E-state index < -0.39 is 0 Å². The molecule has 0 spiro atoms. The second-order valence-corrected chi connectivity index (χ2v) is 9.61. The molecule has 1 heterocycles. The number of amides is 1. The zero-order valence-corrected chi connectivity index (χ0v) is 18.0. The largest absolute Gasteiger partial charge is 0.340 e. The van der Waals surface area contributed by atoms with Crippen LogP contribution < -0.4 is 0 Å². The SMILES string of the molecule is CC(Sc1nn(-c2ccc(Cl)cc2)c(=S)s1)C(=O)N(C)Cc1ccccc1. The summed E-state index contributed by atoms with van der Waals surface area (Å²) in [6.45, 7) is 2.48. The zero-order chi connectivity index (χ0) is 19.4. The van der Waals surface area contributed by atoms with Crippen LogP contribution in [0.4, 0.5) is 0 Å². The molecule has 8 heteroatoms. The number of halogens is 1. The number of aromatic nitrogens is 2. The number of benzene rings is 2. The van der Waals surface area contributed by atoms with Gasteiger partial charge in [-0.15, -0.1) is 5.10 Å². The van der Waals surface area contributed by atoms with E-state index in [9.17, 15) is 4.79 Å². The van der Waals surface area contributed by atoms with E-state index in [1.165, 1.54) is 23.1 Å². The molecule has 0 saturated carbocycles. The molecule has 4 nitrogen and oxygen atoms in total. The van der Waals surface area contributed by atoms with Crippen molar-refractivity contribution in [2.75, 3.05) is 7.05 Å². The number of carbonyl (C=O) groups is 1. The van der Waals surface area contributed by atoms with Crippen molar-refractivity contribution in [2.24, 2.45) is 0 Å². The molecule has 1 amide bonds. The molecule has 0 aliphatic rings. The van der Waals surface area contributed by atoms with Crippen molar-refractivity contribution < 1.29 is 4.79 Å². The summed E-state index contributed by atoms with van der Waals surface area (Å²) in [5.41, 5.74) is 1.96. The molecule has 27 heavy (non-hydrogen) atoms. The van der Waals surface area contributed by atoms with Gasteiger partial charge in [-0.25, -0.2) is 4.68 Å².